The van der Waals surface area contributed by atoms with E-state index in [4.69, 9.17) is 10.00 Å². The van der Waals surface area contributed by atoms with Crippen LogP contribution in [0.25, 0.3) is 0 Å². The molecule has 9 nitrogen and oxygen atoms in total. The number of hydrogen-bond acceptors (Lipinski definition) is 6. The molecule has 9 heteroatoms. The first kappa shape index (κ1) is 19.2. The topological polar surface area (TPSA) is 116 Å². The number of benzene rings is 1. The third-order valence-corrected chi connectivity index (χ3v) is 3.42. The molecule has 0 aromatic heterocycles. The predicted octanol–water partition coefficient (Wildman–Crippen LogP) is 1.78. The first-order valence-corrected chi connectivity index (χ1v) is 7.58. The summed E-state index contributed by atoms with van der Waals surface area (Å²) in [5.74, 6) is 0.407. The molecule has 0 bridgehead atoms. The third-order valence-electron chi connectivity index (χ3n) is 3.42. The predicted molar refractivity (Wildman–Crippen MR) is 92.1 cm³/mol. The van der Waals surface area contributed by atoms with Crippen LogP contribution >= 0.6 is 0 Å². The van der Waals surface area contributed by atoms with Gasteiger partial charge in [-0.1, -0.05) is 13.8 Å². The van der Waals surface area contributed by atoms with Crippen LogP contribution in [0.4, 0.5) is 11.4 Å². The van der Waals surface area contributed by atoms with E-state index in [0.29, 0.717) is 12.2 Å². The van der Waals surface area contributed by atoms with Gasteiger partial charge < -0.3 is 20.3 Å². The van der Waals surface area contributed by atoms with E-state index in [1.54, 1.807) is 6.19 Å². The molecule has 0 fully saturated rings. The van der Waals surface area contributed by atoms with E-state index in [-0.39, 0.29) is 17.4 Å². The Morgan fingerprint density at radius 2 is 2.17 bits per heavy atom. The number of hydrogen-bond donors (Lipinski definition) is 2. The van der Waals surface area contributed by atoms with Crippen molar-refractivity contribution in [2.75, 3.05) is 38.6 Å². The fourth-order valence-corrected chi connectivity index (χ4v) is 2.08. The molecule has 0 heterocycles. The molecule has 0 atom stereocenters. The highest BCUT2D eigenvalue weighted by Crippen LogP contribution is 2.29. The van der Waals surface area contributed by atoms with Gasteiger partial charge in [0.25, 0.3) is 0 Å². The maximum Gasteiger partial charge on any atom is 0.311 e. The largest absolute Gasteiger partial charge is 0.490 e. The normalized spacial score (nSPS) is 11.0. The van der Waals surface area contributed by atoms with Gasteiger partial charge in [-0.3, -0.25) is 10.1 Å². The van der Waals surface area contributed by atoms with Crippen LogP contribution in [0, 0.1) is 21.6 Å². The van der Waals surface area contributed by atoms with Crippen molar-refractivity contribution in [1.29, 1.82) is 5.26 Å². The number of guanidine groups is 1. The van der Waals surface area contributed by atoms with Crippen molar-refractivity contribution in [1.82, 2.24) is 10.2 Å². The molecule has 0 saturated carbocycles. The number of methoxy groups -OCH3 is 1. The van der Waals surface area contributed by atoms with Crippen LogP contribution in [0.15, 0.2) is 23.2 Å². The van der Waals surface area contributed by atoms with Gasteiger partial charge in [-0.05, 0) is 19.2 Å². The molecule has 24 heavy (non-hydrogen) atoms. The number of nitrogens with one attached hydrogen (secondary N) is 2. The summed E-state index contributed by atoms with van der Waals surface area (Å²) in [4.78, 5) is 16.3. The quantitative estimate of drug-likeness (QED) is 0.245. The lowest BCUT2D eigenvalue weighted by Gasteiger charge is -2.19. The first-order chi connectivity index (χ1) is 11.5. The Bertz CT molecular complexity index is 622. The molecular formula is C15H22N6O3. The molecule has 1 aromatic carbocycles. The van der Waals surface area contributed by atoms with E-state index < -0.39 is 4.92 Å². The van der Waals surface area contributed by atoms with Crippen LogP contribution < -0.4 is 15.4 Å². The van der Waals surface area contributed by atoms with Gasteiger partial charge in [0.1, 0.15) is 0 Å². The Balaban J connectivity index is 2.77. The molecule has 0 amide bonds. The van der Waals surface area contributed by atoms with Crippen LogP contribution in [0.5, 0.6) is 5.75 Å². The van der Waals surface area contributed by atoms with Crippen molar-refractivity contribution in [3.05, 3.63) is 28.3 Å². The second-order valence-electron chi connectivity index (χ2n) is 4.78. The maximum atomic E-state index is 10.9. The summed E-state index contributed by atoms with van der Waals surface area (Å²) in [6, 6.07) is 4.35. The average Bonchev–Trinajstić information content (AvgIpc) is 2.58. The number of aliphatic imine (C=N–C) groups is 1. The smallest absolute Gasteiger partial charge is 0.311 e. The molecule has 0 radical (unpaired) electrons. The number of likely N-dealkylation sites (N-methyl/N-ethyl adjacent to an activating group) is 1. The summed E-state index contributed by atoms with van der Waals surface area (Å²) < 4.78 is 5.02. The van der Waals surface area contributed by atoms with Gasteiger partial charge in [0.15, 0.2) is 5.75 Å². The Morgan fingerprint density at radius 1 is 1.46 bits per heavy atom. The molecular weight excluding hydrogens is 312 g/mol. The SMILES string of the molecule is CCN(CC)CCN/C(=N\C#N)Nc1ccc([N+](=O)[O-])c(OC)c1. The molecule has 0 spiro atoms. The summed E-state index contributed by atoms with van der Waals surface area (Å²) in [7, 11) is 1.36. The van der Waals surface area contributed by atoms with Crippen molar-refractivity contribution in [2.45, 2.75) is 13.8 Å². The molecule has 0 aliphatic rings. The van der Waals surface area contributed by atoms with Gasteiger partial charge >= 0.3 is 5.69 Å². The van der Waals surface area contributed by atoms with Crippen LogP contribution in [-0.4, -0.2) is 49.1 Å². The Kier molecular flexibility index (Phi) is 8.01. The number of anilines is 1. The van der Waals surface area contributed by atoms with Crippen LogP contribution in [0.3, 0.4) is 0 Å². The zero-order valence-electron chi connectivity index (χ0n) is 14.1. The van der Waals surface area contributed by atoms with E-state index in [2.05, 4.69) is 34.4 Å². The standard InChI is InChI=1S/C15H22N6O3/c1-4-20(5-2)9-8-17-15(18-11-16)19-12-6-7-13(21(22)23)14(10-12)24-3/h6-7,10H,4-5,8-9H2,1-3H3,(H2,17,18,19). The second kappa shape index (κ2) is 10.0. The van der Waals surface area contributed by atoms with Gasteiger partial charge in [0, 0.05) is 30.9 Å². The molecule has 130 valence electrons. The van der Waals surface area contributed by atoms with Crippen LogP contribution in [-0.2, 0) is 0 Å². The molecule has 0 unspecified atom stereocenters. The Hall–Kier alpha value is -2.86. The number of ether oxygens (including phenoxy) is 1. The van der Waals surface area contributed by atoms with Crippen molar-refractivity contribution in [2.24, 2.45) is 4.99 Å². The lowest BCUT2D eigenvalue weighted by Crippen LogP contribution is -2.37. The van der Waals surface area contributed by atoms with Gasteiger partial charge in [-0.15, -0.1) is 4.99 Å². The van der Waals surface area contributed by atoms with Gasteiger partial charge in [-0.2, -0.15) is 5.26 Å². The van der Waals surface area contributed by atoms with Gasteiger partial charge in [0.2, 0.25) is 12.2 Å². The summed E-state index contributed by atoms with van der Waals surface area (Å²) in [5, 5.41) is 25.7. The van der Waals surface area contributed by atoms with E-state index in [9.17, 15) is 10.1 Å². The number of nitro benzene ring substituents is 1. The number of nitriles is 1. The Labute approximate surface area is 141 Å². The Morgan fingerprint density at radius 3 is 2.71 bits per heavy atom. The van der Waals surface area contributed by atoms with Crippen molar-refractivity contribution in [3.8, 4) is 11.9 Å². The van der Waals surface area contributed by atoms with Crippen LogP contribution in [0.2, 0.25) is 0 Å². The zero-order chi connectivity index (χ0) is 17.9. The highest BCUT2D eigenvalue weighted by molar-refractivity contribution is 5.94. The highest BCUT2D eigenvalue weighted by Gasteiger charge is 2.15. The minimum absolute atomic E-state index is 0.128. The number of rotatable bonds is 8. The van der Waals surface area contributed by atoms with Gasteiger partial charge in [0.05, 0.1) is 12.0 Å². The molecule has 2 N–H and O–H groups in total. The molecule has 1 aromatic rings. The maximum absolute atomic E-state index is 10.9. The van der Waals surface area contributed by atoms with Crippen LogP contribution in [0.1, 0.15) is 13.8 Å². The van der Waals surface area contributed by atoms with Crippen molar-refractivity contribution in [3.63, 3.8) is 0 Å². The minimum atomic E-state index is -0.519. The van der Waals surface area contributed by atoms with E-state index in [0.717, 1.165) is 19.6 Å². The third kappa shape index (κ3) is 5.73. The number of nitrogens with zero attached hydrogens (tertiary/aromatic N) is 4. The average molecular weight is 334 g/mol. The first-order valence-electron chi connectivity index (χ1n) is 7.58. The monoisotopic (exact) mass is 334 g/mol. The summed E-state index contributed by atoms with van der Waals surface area (Å²) in [6.07, 6.45) is 1.72. The highest BCUT2D eigenvalue weighted by atomic mass is 16.6. The molecule has 1 rings (SSSR count). The van der Waals surface area contributed by atoms with Gasteiger partial charge in [-0.25, -0.2) is 0 Å². The zero-order valence-corrected chi connectivity index (χ0v) is 14.1. The lowest BCUT2D eigenvalue weighted by molar-refractivity contribution is -0.385. The summed E-state index contributed by atoms with van der Waals surface area (Å²) in [6.45, 7) is 7.46. The minimum Gasteiger partial charge on any atom is -0.490 e. The summed E-state index contributed by atoms with van der Waals surface area (Å²) >= 11 is 0. The van der Waals surface area contributed by atoms with Crippen molar-refractivity contribution >= 4 is 17.3 Å². The van der Waals surface area contributed by atoms with E-state index in [1.807, 2.05) is 0 Å². The van der Waals surface area contributed by atoms with E-state index >= 15 is 0 Å². The van der Waals surface area contributed by atoms with Crippen molar-refractivity contribution < 1.29 is 9.66 Å². The molecule has 0 aliphatic heterocycles. The summed E-state index contributed by atoms with van der Waals surface area (Å²) in [5.41, 5.74) is 0.401. The molecule has 0 saturated heterocycles. The fraction of sp³-hybridized carbons (Fsp3) is 0.467. The van der Waals surface area contributed by atoms with E-state index in [1.165, 1.54) is 25.3 Å². The number of nitro groups is 1. The fourth-order valence-electron chi connectivity index (χ4n) is 2.08. The lowest BCUT2D eigenvalue weighted by atomic mass is 10.2. The second-order valence-corrected chi connectivity index (χ2v) is 4.78. The molecule has 0 aliphatic carbocycles.